The number of hydrogen-bond donors (Lipinski definition) is 0. The third-order valence-electron chi connectivity index (χ3n) is 6.57. The number of imidazole rings is 1. The Kier molecular flexibility index (Phi) is 7.41. The Morgan fingerprint density at radius 3 is 2.39 bits per heavy atom. The van der Waals surface area contributed by atoms with Crippen LogP contribution in [-0.4, -0.2) is 22.6 Å². The lowest BCUT2D eigenvalue weighted by molar-refractivity contribution is 0.0597. The van der Waals surface area contributed by atoms with Crippen molar-refractivity contribution in [2.45, 2.75) is 27.0 Å². The molecule has 0 fully saturated rings. The van der Waals surface area contributed by atoms with E-state index in [0.29, 0.717) is 33.5 Å². The topological polar surface area (TPSA) is 53.4 Å². The lowest BCUT2D eigenvalue weighted by Gasteiger charge is -2.13. The summed E-state index contributed by atoms with van der Waals surface area (Å²) in [5, 5.41) is 1.16. The number of halogens is 2. The van der Waals surface area contributed by atoms with Crippen LogP contribution in [0.4, 0.5) is 0 Å². The molecular weight excluding hydrogens is 519 g/mol. The van der Waals surface area contributed by atoms with Gasteiger partial charge in [0.25, 0.3) is 0 Å². The molecular formula is C31H26Cl2N2O3. The van der Waals surface area contributed by atoms with Gasteiger partial charge in [0.2, 0.25) is 0 Å². The monoisotopic (exact) mass is 544 g/mol. The van der Waals surface area contributed by atoms with Crippen LogP contribution < -0.4 is 4.74 Å². The summed E-state index contributed by atoms with van der Waals surface area (Å²) in [7, 11) is 1.34. The Morgan fingerprint density at radius 1 is 0.895 bits per heavy atom. The van der Waals surface area contributed by atoms with Crippen LogP contribution in [0.25, 0.3) is 22.2 Å². The molecule has 5 nitrogen and oxygen atoms in total. The summed E-state index contributed by atoms with van der Waals surface area (Å²) in [6.07, 6.45) is 0. The second kappa shape index (κ2) is 10.9. The smallest absolute Gasteiger partial charge is 0.338 e. The summed E-state index contributed by atoms with van der Waals surface area (Å²) in [4.78, 5) is 17.0. The highest BCUT2D eigenvalue weighted by Gasteiger charge is 2.16. The molecule has 1 aromatic heterocycles. The van der Waals surface area contributed by atoms with Crippen molar-refractivity contribution < 1.29 is 14.3 Å². The molecule has 0 aliphatic rings. The van der Waals surface area contributed by atoms with E-state index in [-0.39, 0.29) is 6.61 Å². The van der Waals surface area contributed by atoms with E-state index >= 15 is 0 Å². The molecule has 0 amide bonds. The van der Waals surface area contributed by atoms with E-state index in [9.17, 15) is 4.79 Å². The van der Waals surface area contributed by atoms with E-state index in [1.165, 1.54) is 7.11 Å². The number of fused-ring (bicyclic) bond motifs is 1. The summed E-state index contributed by atoms with van der Waals surface area (Å²) in [6, 6.07) is 25.4. The molecule has 0 aliphatic carbocycles. The van der Waals surface area contributed by atoms with Gasteiger partial charge >= 0.3 is 5.97 Å². The molecule has 0 unspecified atom stereocenters. The maximum absolute atomic E-state index is 12.2. The quantitative estimate of drug-likeness (QED) is 0.194. The molecule has 192 valence electrons. The van der Waals surface area contributed by atoms with Gasteiger partial charge in [0, 0.05) is 21.7 Å². The van der Waals surface area contributed by atoms with Crippen molar-refractivity contribution >= 4 is 40.2 Å². The number of carbonyl (C=O) groups is 1. The minimum atomic E-state index is -0.457. The molecule has 38 heavy (non-hydrogen) atoms. The van der Waals surface area contributed by atoms with Gasteiger partial charge in [-0.1, -0.05) is 71.7 Å². The highest BCUT2D eigenvalue weighted by atomic mass is 35.5. The molecule has 5 aromatic rings. The van der Waals surface area contributed by atoms with Crippen LogP contribution in [0, 0.1) is 13.8 Å². The van der Waals surface area contributed by atoms with Crippen molar-refractivity contribution in [3.8, 4) is 16.9 Å². The van der Waals surface area contributed by atoms with Gasteiger partial charge in [-0.25, -0.2) is 9.78 Å². The summed E-state index contributed by atoms with van der Waals surface area (Å²) in [5.41, 5.74) is 7.13. The first-order valence-electron chi connectivity index (χ1n) is 12.1. The number of aryl methyl sites for hydroxylation is 2. The second-order valence-corrected chi connectivity index (χ2v) is 9.95. The number of hydrogen-bond acceptors (Lipinski definition) is 4. The van der Waals surface area contributed by atoms with E-state index in [4.69, 9.17) is 37.7 Å². The summed E-state index contributed by atoms with van der Waals surface area (Å²) in [5.74, 6) is 1.10. The van der Waals surface area contributed by atoms with Gasteiger partial charge in [-0.15, -0.1) is 0 Å². The Balaban J connectivity index is 1.44. The van der Waals surface area contributed by atoms with Gasteiger partial charge in [0.05, 0.1) is 30.3 Å². The number of ether oxygens (including phenoxy) is 2. The van der Waals surface area contributed by atoms with Gasteiger partial charge in [0.15, 0.2) is 0 Å². The number of aromatic nitrogens is 2. The van der Waals surface area contributed by atoms with Crippen LogP contribution in [-0.2, 0) is 17.9 Å². The molecule has 4 aromatic carbocycles. The predicted octanol–water partition coefficient (Wildman–Crippen LogP) is 8.04. The molecule has 5 rings (SSSR count). The van der Waals surface area contributed by atoms with Gasteiger partial charge in [-0.2, -0.15) is 0 Å². The largest absolute Gasteiger partial charge is 0.489 e. The molecule has 1 heterocycles. The minimum Gasteiger partial charge on any atom is -0.489 e. The van der Waals surface area contributed by atoms with Crippen molar-refractivity contribution in [2.75, 3.05) is 7.11 Å². The lowest BCUT2D eigenvalue weighted by Crippen LogP contribution is -2.08. The summed E-state index contributed by atoms with van der Waals surface area (Å²) in [6.45, 7) is 4.76. The Labute approximate surface area is 231 Å². The van der Waals surface area contributed by atoms with Crippen molar-refractivity contribution in [1.29, 1.82) is 0 Å². The first-order valence-corrected chi connectivity index (χ1v) is 12.9. The van der Waals surface area contributed by atoms with E-state index in [1.807, 2.05) is 50.2 Å². The van der Waals surface area contributed by atoms with Crippen molar-refractivity contribution in [3.05, 3.63) is 117 Å². The third-order valence-corrected chi connectivity index (χ3v) is 7.16. The number of nitrogens with zero attached hydrogens (tertiary/aromatic N) is 2. The predicted molar refractivity (Wildman–Crippen MR) is 152 cm³/mol. The normalized spacial score (nSPS) is 11.1. The van der Waals surface area contributed by atoms with Crippen LogP contribution in [0.3, 0.4) is 0 Å². The zero-order chi connectivity index (χ0) is 26.8. The molecule has 7 heteroatoms. The average molecular weight is 545 g/mol. The first-order chi connectivity index (χ1) is 18.3. The van der Waals surface area contributed by atoms with Gasteiger partial charge in [0.1, 0.15) is 18.2 Å². The molecule has 0 bridgehead atoms. The number of methoxy groups -OCH3 is 1. The fraction of sp³-hybridized carbons (Fsp3) is 0.161. The van der Waals surface area contributed by atoms with E-state index in [1.54, 1.807) is 18.2 Å². The van der Waals surface area contributed by atoms with E-state index in [0.717, 1.165) is 39.1 Å². The SMILES string of the molecule is COC(=O)c1cc(Cl)ccc1COc1cc(C)c2nc(C)n(Cc3ccc(-c4ccccc4)cc3Cl)c2c1. The van der Waals surface area contributed by atoms with Crippen LogP contribution in [0.1, 0.15) is 32.9 Å². The van der Waals surface area contributed by atoms with E-state index < -0.39 is 5.97 Å². The van der Waals surface area contributed by atoms with Crippen LogP contribution in [0.2, 0.25) is 10.0 Å². The zero-order valence-corrected chi connectivity index (χ0v) is 22.8. The number of esters is 1. The lowest BCUT2D eigenvalue weighted by atomic mass is 10.0. The van der Waals surface area contributed by atoms with Crippen molar-refractivity contribution in [3.63, 3.8) is 0 Å². The van der Waals surface area contributed by atoms with Crippen LogP contribution in [0.5, 0.6) is 5.75 Å². The second-order valence-electron chi connectivity index (χ2n) is 9.11. The molecule has 0 aliphatic heterocycles. The van der Waals surface area contributed by atoms with Crippen LogP contribution in [0.15, 0.2) is 78.9 Å². The third kappa shape index (κ3) is 5.26. The summed E-state index contributed by atoms with van der Waals surface area (Å²) >= 11 is 12.8. The zero-order valence-electron chi connectivity index (χ0n) is 21.3. The highest BCUT2D eigenvalue weighted by Crippen LogP contribution is 2.30. The standard InChI is InChI=1S/C31H26Cl2N2O3/c1-19-13-26(38-18-24-11-12-25(32)15-27(24)31(36)37-3)16-29-30(19)34-20(2)35(29)17-23-10-9-22(14-28(23)33)21-7-5-4-6-8-21/h4-16H,17-18H2,1-3H3. The van der Waals surface area contributed by atoms with Gasteiger partial charge < -0.3 is 14.0 Å². The average Bonchev–Trinajstić information content (AvgIpc) is 3.24. The van der Waals surface area contributed by atoms with Gasteiger partial charge in [-0.05, 0) is 60.4 Å². The Morgan fingerprint density at radius 2 is 1.66 bits per heavy atom. The maximum atomic E-state index is 12.2. The molecule has 0 spiro atoms. The Hall–Kier alpha value is -3.80. The summed E-state index contributed by atoms with van der Waals surface area (Å²) < 4.78 is 13.2. The highest BCUT2D eigenvalue weighted by molar-refractivity contribution is 6.31. The molecule has 0 radical (unpaired) electrons. The fourth-order valence-electron chi connectivity index (χ4n) is 4.55. The number of rotatable bonds is 7. The van der Waals surface area contributed by atoms with Crippen molar-refractivity contribution in [1.82, 2.24) is 9.55 Å². The van der Waals surface area contributed by atoms with Crippen molar-refractivity contribution in [2.24, 2.45) is 0 Å². The van der Waals surface area contributed by atoms with Crippen LogP contribution >= 0.6 is 23.2 Å². The molecule has 0 saturated heterocycles. The first kappa shape index (κ1) is 25.8. The number of benzene rings is 4. The van der Waals surface area contributed by atoms with E-state index in [2.05, 4.69) is 28.8 Å². The molecule has 0 atom stereocenters. The minimum absolute atomic E-state index is 0.187. The molecule has 0 saturated carbocycles. The number of carbonyl (C=O) groups excluding carboxylic acids is 1. The van der Waals surface area contributed by atoms with Gasteiger partial charge in [-0.3, -0.25) is 0 Å². The molecule has 0 N–H and O–H groups in total. The Bertz CT molecular complexity index is 1640. The maximum Gasteiger partial charge on any atom is 0.338 e. The fourth-order valence-corrected chi connectivity index (χ4v) is 4.96.